The highest BCUT2D eigenvalue weighted by Gasteiger charge is 2.23. The van der Waals surface area contributed by atoms with Gasteiger partial charge in [-0.05, 0) is 43.7 Å². The smallest absolute Gasteiger partial charge is 0.242 e. The van der Waals surface area contributed by atoms with Crippen LogP contribution in [0.5, 0.6) is 0 Å². The van der Waals surface area contributed by atoms with Crippen molar-refractivity contribution in [3.05, 3.63) is 24.0 Å². The molecule has 0 unspecified atom stereocenters. The molecule has 0 aromatic heterocycles. The van der Waals surface area contributed by atoms with Crippen molar-refractivity contribution in [3.8, 4) is 0 Å². The first-order valence-corrected chi connectivity index (χ1v) is 8.10. The number of benzene rings is 1. The fourth-order valence-electron chi connectivity index (χ4n) is 2.41. The molecule has 0 saturated heterocycles. The van der Waals surface area contributed by atoms with Gasteiger partial charge in [0.1, 0.15) is 10.7 Å². The summed E-state index contributed by atoms with van der Waals surface area (Å²) in [4.78, 5) is -0.228. The number of nitrogen functional groups attached to an aromatic ring is 1. The average Bonchev–Trinajstić information content (AvgIpc) is 2.41. The molecule has 0 spiro atoms. The molecule has 0 amide bonds. The molecule has 0 aliphatic heterocycles. The second-order valence-electron chi connectivity index (χ2n) is 5.18. The van der Waals surface area contributed by atoms with Gasteiger partial charge >= 0.3 is 0 Å². The third-order valence-corrected chi connectivity index (χ3v) is 5.16. The fraction of sp³-hybridized carbons (Fsp3) is 0.538. The summed E-state index contributed by atoms with van der Waals surface area (Å²) >= 11 is 0. The highest BCUT2D eigenvalue weighted by Crippen LogP contribution is 2.25. The van der Waals surface area contributed by atoms with Gasteiger partial charge in [-0.1, -0.05) is 6.07 Å². The Hall–Kier alpha value is -1.18. The van der Waals surface area contributed by atoms with Crippen LogP contribution in [0.2, 0.25) is 0 Å². The Kier molecular flexibility index (Phi) is 4.62. The number of rotatable bonds is 4. The number of hydrogen-bond acceptors (Lipinski definition) is 4. The number of halogens is 1. The van der Waals surface area contributed by atoms with Gasteiger partial charge in [0.05, 0.1) is 11.8 Å². The van der Waals surface area contributed by atoms with E-state index in [-0.39, 0.29) is 29.1 Å². The topological polar surface area (TPSA) is 92.4 Å². The lowest BCUT2D eigenvalue weighted by Gasteiger charge is -2.25. The van der Waals surface area contributed by atoms with Crippen molar-refractivity contribution < 1.29 is 17.9 Å². The molecule has 1 aromatic carbocycles. The summed E-state index contributed by atoms with van der Waals surface area (Å²) in [6, 6.07) is 3.72. The minimum atomic E-state index is -3.80. The highest BCUT2D eigenvalue weighted by atomic mass is 32.2. The van der Waals surface area contributed by atoms with Gasteiger partial charge in [-0.2, -0.15) is 0 Å². The summed E-state index contributed by atoms with van der Waals surface area (Å²) in [6.07, 6.45) is 2.66. The Bertz CT molecular complexity index is 569. The molecule has 112 valence electrons. The van der Waals surface area contributed by atoms with Crippen molar-refractivity contribution in [3.63, 3.8) is 0 Å². The predicted octanol–water partition coefficient (Wildman–Crippen LogP) is 1.24. The number of aliphatic hydroxyl groups excluding tert-OH is 1. The minimum absolute atomic E-state index is 0.197. The lowest BCUT2D eigenvalue weighted by molar-refractivity contribution is 0.109. The molecule has 0 atom stereocenters. The monoisotopic (exact) mass is 302 g/mol. The largest absolute Gasteiger partial charge is 0.395 e. The molecule has 1 aliphatic rings. The molecule has 2 rings (SSSR count). The molecule has 0 heterocycles. The average molecular weight is 302 g/mol. The zero-order valence-corrected chi connectivity index (χ0v) is 11.9. The number of nitrogens with one attached hydrogen (secondary N) is 1. The molecule has 1 aliphatic carbocycles. The summed E-state index contributed by atoms with van der Waals surface area (Å²) in [5.74, 6) is -0.545. The van der Waals surface area contributed by atoms with Crippen molar-refractivity contribution >= 4 is 15.7 Å². The van der Waals surface area contributed by atoms with Crippen LogP contribution in [0.4, 0.5) is 10.1 Å². The van der Waals surface area contributed by atoms with Crippen LogP contribution >= 0.6 is 0 Å². The van der Waals surface area contributed by atoms with Gasteiger partial charge in [0.2, 0.25) is 10.0 Å². The van der Waals surface area contributed by atoms with E-state index in [4.69, 9.17) is 5.73 Å². The van der Waals surface area contributed by atoms with Gasteiger partial charge in [-0.3, -0.25) is 0 Å². The molecule has 0 bridgehead atoms. The van der Waals surface area contributed by atoms with E-state index in [0.717, 1.165) is 18.9 Å². The Morgan fingerprint density at radius 3 is 2.60 bits per heavy atom. The lowest BCUT2D eigenvalue weighted by Crippen LogP contribution is -2.32. The second kappa shape index (κ2) is 6.07. The van der Waals surface area contributed by atoms with E-state index in [1.165, 1.54) is 12.1 Å². The van der Waals surface area contributed by atoms with E-state index >= 15 is 0 Å². The molecule has 4 N–H and O–H groups in total. The maximum atomic E-state index is 13.3. The molecular weight excluding hydrogens is 283 g/mol. The van der Waals surface area contributed by atoms with Crippen LogP contribution < -0.4 is 10.5 Å². The standard InChI is InChI=1S/C13H19FN2O3S/c14-11-2-1-3-12(13(11)15)20(18,19)16-8-9-4-6-10(17)7-5-9/h1-3,9-10,16-17H,4-8,15H2. The highest BCUT2D eigenvalue weighted by molar-refractivity contribution is 7.89. The van der Waals surface area contributed by atoms with Crippen molar-refractivity contribution in [1.29, 1.82) is 0 Å². The van der Waals surface area contributed by atoms with E-state index in [1.807, 2.05) is 0 Å². The van der Waals surface area contributed by atoms with Crippen molar-refractivity contribution in [1.82, 2.24) is 4.72 Å². The number of hydrogen-bond donors (Lipinski definition) is 3. The van der Waals surface area contributed by atoms with Crippen LogP contribution in [0, 0.1) is 11.7 Å². The molecule has 5 nitrogen and oxygen atoms in total. The van der Waals surface area contributed by atoms with Crippen LogP contribution in [-0.4, -0.2) is 26.2 Å². The van der Waals surface area contributed by atoms with Crippen molar-refractivity contribution in [2.75, 3.05) is 12.3 Å². The zero-order valence-electron chi connectivity index (χ0n) is 11.0. The fourth-order valence-corrected chi connectivity index (χ4v) is 3.66. The number of anilines is 1. The number of para-hydroxylation sites is 1. The van der Waals surface area contributed by atoms with Crippen LogP contribution in [-0.2, 0) is 10.0 Å². The van der Waals surface area contributed by atoms with Gasteiger partial charge in [-0.25, -0.2) is 17.5 Å². The van der Waals surface area contributed by atoms with Crippen LogP contribution in [0.15, 0.2) is 23.1 Å². The summed E-state index contributed by atoms with van der Waals surface area (Å²) in [6.45, 7) is 0.283. The van der Waals surface area contributed by atoms with E-state index in [2.05, 4.69) is 4.72 Å². The Labute approximate surface area is 118 Å². The van der Waals surface area contributed by atoms with Gasteiger partial charge in [0.15, 0.2) is 0 Å². The molecule has 1 fully saturated rings. The van der Waals surface area contributed by atoms with E-state index < -0.39 is 15.8 Å². The number of nitrogens with two attached hydrogens (primary N) is 1. The summed E-state index contributed by atoms with van der Waals surface area (Å²) in [5, 5.41) is 9.40. The van der Waals surface area contributed by atoms with Crippen LogP contribution in [0.1, 0.15) is 25.7 Å². The van der Waals surface area contributed by atoms with Crippen molar-refractivity contribution in [2.24, 2.45) is 5.92 Å². The summed E-state index contributed by atoms with van der Waals surface area (Å²) < 4.78 is 40.0. The van der Waals surface area contributed by atoms with E-state index in [1.54, 1.807) is 0 Å². The van der Waals surface area contributed by atoms with Gasteiger partial charge in [0.25, 0.3) is 0 Å². The third kappa shape index (κ3) is 3.47. The summed E-state index contributed by atoms with van der Waals surface area (Å²) in [7, 11) is -3.80. The van der Waals surface area contributed by atoms with Crippen LogP contribution in [0.3, 0.4) is 0 Å². The van der Waals surface area contributed by atoms with E-state index in [0.29, 0.717) is 12.8 Å². The lowest BCUT2D eigenvalue weighted by atomic mass is 9.88. The Balaban J connectivity index is 2.03. The first-order valence-electron chi connectivity index (χ1n) is 6.62. The molecule has 1 aromatic rings. The first kappa shape index (κ1) is 15.2. The first-order chi connectivity index (χ1) is 9.40. The Morgan fingerprint density at radius 2 is 1.95 bits per heavy atom. The molecule has 7 heteroatoms. The molecule has 0 radical (unpaired) electrons. The zero-order chi connectivity index (χ0) is 14.8. The number of aliphatic hydroxyl groups is 1. The quantitative estimate of drug-likeness (QED) is 0.730. The molecular formula is C13H19FN2O3S. The van der Waals surface area contributed by atoms with Crippen molar-refractivity contribution in [2.45, 2.75) is 36.7 Å². The number of sulfonamides is 1. The predicted molar refractivity (Wildman–Crippen MR) is 74.0 cm³/mol. The van der Waals surface area contributed by atoms with Crippen LogP contribution in [0.25, 0.3) is 0 Å². The maximum Gasteiger partial charge on any atom is 0.242 e. The van der Waals surface area contributed by atoms with E-state index in [9.17, 15) is 17.9 Å². The maximum absolute atomic E-state index is 13.3. The normalized spacial score (nSPS) is 23.7. The van der Waals surface area contributed by atoms with Gasteiger partial charge in [0, 0.05) is 6.54 Å². The minimum Gasteiger partial charge on any atom is -0.395 e. The molecule has 20 heavy (non-hydrogen) atoms. The van der Waals surface area contributed by atoms with Gasteiger partial charge in [-0.15, -0.1) is 0 Å². The molecule has 1 saturated carbocycles. The summed E-state index contributed by atoms with van der Waals surface area (Å²) in [5.41, 5.74) is 5.11. The SMILES string of the molecule is Nc1c(F)cccc1S(=O)(=O)NCC1CCC(O)CC1. The third-order valence-electron chi connectivity index (χ3n) is 3.68. The van der Waals surface area contributed by atoms with Gasteiger partial charge < -0.3 is 10.8 Å². The second-order valence-corrected chi connectivity index (χ2v) is 6.91. The Morgan fingerprint density at radius 1 is 1.30 bits per heavy atom.